The van der Waals surface area contributed by atoms with Gasteiger partial charge in [-0.15, -0.1) is 23.1 Å². The molecule has 8 heteroatoms. The molecule has 0 aliphatic carbocycles. The van der Waals surface area contributed by atoms with Gasteiger partial charge < -0.3 is 10.2 Å². The van der Waals surface area contributed by atoms with Crippen molar-refractivity contribution >= 4 is 50.8 Å². The lowest BCUT2D eigenvalue weighted by Gasteiger charge is -2.23. The highest BCUT2D eigenvalue weighted by Crippen LogP contribution is 2.29. The summed E-state index contributed by atoms with van der Waals surface area (Å²) >= 11 is 2.82. The highest BCUT2D eigenvalue weighted by molar-refractivity contribution is 8.00. The summed E-state index contributed by atoms with van der Waals surface area (Å²) in [5.41, 5.74) is 1.46. The van der Waals surface area contributed by atoms with Crippen LogP contribution in [-0.2, 0) is 9.59 Å². The summed E-state index contributed by atoms with van der Waals surface area (Å²) in [6, 6.07) is 13.3. The molecular weight excluding hydrogens is 397 g/mol. The third-order valence-corrected chi connectivity index (χ3v) is 6.35. The molecule has 0 aliphatic rings. The molecule has 0 radical (unpaired) electrons. The van der Waals surface area contributed by atoms with Crippen LogP contribution in [0, 0.1) is 5.82 Å². The first-order valence-corrected chi connectivity index (χ1v) is 10.7. The van der Waals surface area contributed by atoms with Crippen molar-refractivity contribution < 1.29 is 14.0 Å². The Labute approximate surface area is 171 Å². The van der Waals surface area contributed by atoms with Gasteiger partial charge in [0.15, 0.2) is 0 Å². The number of halogens is 1. The highest BCUT2D eigenvalue weighted by Gasteiger charge is 2.20. The van der Waals surface area contributed by atoms with Crippen LogP contribution in [0.4, 0.5) is 10.1 Å². The summed E-state index contributed by atoms with van der Waals surface area (Å²) in [6.45, 7) is 1.95. The Bertz CT molecular complexity index is 942. The molecule has 5 nitrogen and oxygen atoms in total. The van der Waals surface area contributed by atoms with Crippen LogP contribution in [0.1, 0.15) is 18.0 Å². The van der Waals surface area contributed by atoms with E-state index in [2.05, 4.69) is 10.3 Å². The summed E-state index contributed by atoms with van der Waals surface area (Å²) in [7, 11) is 1.75. The van der Waals surface area contributed by atoms with E-state index < -0.39 is 0 Å². The predicted octanol–water partition coefficient (Wildman–Crippen LogP) is 4.33. The molecule has 2 amide bonds. The maximum absolute atomic E-state index is 12.9. The minimum absolute atomic E-state index is 0.0636. The predicted molar refractivity (Wildman–Crippen MR) is 113 cm³/mol. The molecule has 0 fully saturated rings. The van der Waals surface area contributed by atoms with E-state index in [-0.39, 0.29) is 35.2 Å². The van der Waals surface area contributed by atoms with Crippen LogP contribution in [-0.4, -0.2) is 40.3 Å². The van der Waals surface area contributed by atoms with Crippen molar-refractivity contribution in [2.24, 2.45) is 0 Å². The number of carbonyl (C=O) groups excluding carboxylic acids is 2. The Balaban J connectivity index is 1.48. The number of benzene rings is 2. The Kier molecular flexibility index (Phi) is 6.64. The zero-order chi connectivity index (χ0) is 20.1. The van der Waals surface area contributed by atoms with Crippen LogP contribution in [0.15, 0.2) is 48.5 Å². The van der Waals surface area contributed by atoms with Gasteiger partial charge in [0.25, 0.3) is 0 Å². The topological polar surface area (TPSA) is 62.3 Å². The number of fused-ring (bicyclic) bond motifs is 1. The fourth-order valence-electron chi connectivity index (χ4n) is 2.51. The van der Waals surface area contributed by atoms with Crippen LogP contribution in [0.3, 0.4) is 0 Å². The van der Waals surface area contributed by atoms with E-state index in [1.807, 2.05) is 31.2 Å². The molecule has 0 aliphatic heterocycles. The Morgan fingerprint density at radius 3 is 2.61 bits per heavy atom. The third-order valence-electron chi connectivity index (χ3n) is 4.23. The number of nitrogens with zero attached hydrogens (tertiary/aromatic N) is 2. The molecule has 3 aromatic rings. The van der Waals surface area contributed by atoms with Crippen LogP contribution in [0.5, 0.6) is 0 Å². The fraction of sp³-hybridized carbons (Fsp3) is 0.250. The summed E-state index contributed by atoms with van der Waals surface area (Å²) in [4.78, 5) is 30.7. The smallest absolute Gasteiger partial charge is 0.234 e. The van der Waals surface area contributed by atoms with Gasteiger partial charge in [-0.3, -0.25) is 9.59 Å². The zero-order valence-electron chi connectivity index (χ0n) is 15.5. The van der Waals surface area contributed by atoms with Crippen molar-refractivity contribution in [2.75, 3.05) is 23.9 Å². The lowest BCUT2D eigenvalue weighted by Crippen LogP contribution is -2.31. The van der Waals surface area contributed by atoms with Crippen molar-refractivity contribution in [1.29, 1.82) is 0 Å². The molecule has 0 saturated heterocycles. The molecule has 3 rings (SSSR count). The Morgan fingerprint density at radius 1 is 1.18 bits per heavy atom. The van der Waals surface area contributed by atoms with Crippen LogP contribution in [0.2, 0.25) is 0 Å². The van der Waals surface area contributed by atoms with Crippen LogP contribution >= 0.6 is 23.1 Å². The van der Waals surface area contributed by atoms with E-state index in [0.717, 1.165) is 15.2 Å². The number of amides is 2. The second-order valence-electron chi connectivity index (χ2n) is 6.25. The zero-order valence-corrected chi connectivity index (χ0v) is 17.1. The first-order chi connectivity index (χ1) is 13.4. The van der Waals surface area contributed by atoms with Crippen molar-refractivity contribution in [2.45, 2.75) is 13.0 Å². The summed E-state index contributed by atoms with van der Waals surface area (Å²) < 4.78 is 14.0. The molecule has 0 spiro atoms. The standard InChI is InChI=1S/C20H20FN3O2S2/c1-13(20-23-16-5-3-4-6-17(16)28-20)24(2)19(26)12-27-11-18(25)22-15-9-7-14(21)8-10-15/h3-10,13H,11-12H2,1-2H3,(H,22,25)/t13-/m1/s1. The Hall–Kier alpha value is -2.45. The minimum Gasteiger partial charge on any atom is -0.336 e. The van der Waals surface area contributed by atoms with E-state index in [9.17, 15) is 14.0 Å². The number of hydrogen-bond acceptors (Lipinski definition) is 5. The molecule has 146 valence electrons. The number of nitrogens with one attached hydrogen (secondary N) is 1. The average molecular weight is 418 g/mol. The quantitative estimate of drug-likeness (QED) is 0.622. The van der Waals surface area contributed by atoms with E-state index >= 15 is 0 Å². The molecule has 0 saturated carbocycles. The SMILES string of the molecule is C[C@H](c1nc2ccccc2s1)N(C)C(=O)CSCC(=O)Nc1ccc(F)cc1. The molecule has 28 heavy (non-hydrogen) atoms. The molecule has 0 bridgehead atoms. The van der Waals surface area contributed by atoms with Gasteiger partial charge in [0, 0.05) is 12.7 Å². The first-order valence-electron chi connectivity index (χ1n) is 8.68. The summed E-state index contributed by atoms with van der Waals surface area (Å²) in [5.74, 6) is -0.310. The fourth-order valence-corrected chi connectivity index (χ4v) is 4.31. The number of para-hydroxylation sites is 1. The lowest BCUT2D eigenvalue weighted by atomic mass is 10.3. The number of carbonyl (C=O) groups is 2. The van der Waals surface area contributed by atoms with Crippen molar-refractivity contribution in [1.82, 2.24) is 9.88 Å². The van der Waals surface area contributed by atoms with E-state index in [1.165, 1.54) is 36.0 Å². The number of thiazole rings is 1. The molecule has 1 aromatic heterocycles. The summed E-state index contributed by atoms with van der Waals surface area (Å²) in [6.07, 6.45) is 0. The molecule has 1 N–H and O–H groups in total. The van der Waals surface area contributed by atoms with Gasteiger partial charge in [-0.2, -0.15) is 0 Å². The van der Waals surface area contributed by atoms with E-state index in [0.29, 0.717) is 5.69 Å². The normalized spacial score (nSPS) is 12.0. The minimum atomic E-state index is -0.358. The molecule has 1 heterocycles. The number of thioether (sulfide) groups is 1. The Morgan fingerprint density at radius 2 is 1.89 bits per heavy atom. The molecule has 1 atom stereocenters. The lowest BCUT2D eigenvalue weighted by molar-refractivity contribution is -0.128. The number of anilines is 1. The van der Waals surface area contributed by atoms with Gasteiger partial charge in [-0.05, 0) is 43.3 Å². The number of rotatable bonds is 7. The second-order valence-corrected chi connectivity index (χ2v) is 8.30. The second kappa shape index (κ2) is 9.16. The molecule has 0 unspecified atom stereocenters. The van der Waals surface area contributed by atoms with Gasteiger partial charge in [0.2, 0.25) is 11.8 Å². The van der Waals surface area contributed by atoms with Gasteiger partial charge in [0.05, 0.1) is 27.8 Å². The summed E-state index contributed by atoms with van der Waals surface area (Å²) in [5, 5.41) is 3.56. The van der Waals surface area contributed by atoms with Crippen molar-refractivity contribution in [3.63, 3.8) is 0 Å². The van der Waals surface area contributed by atoms with E-state index in [4.69, 9.17) is 0 Å². The highest BCUT2D eigenvalue weighted by atomic mass is 32.2. The number of hydrogen-bond donors (Lipinski definition) is 1. The number of aromatic nitrogens is 1. The van der Waals surface area contributed by atoms with Crippen molar-refractivity contribution in [3.05, 3.63) is 59.4 Å². The van der Waals surface area contributed by atoms with Gasteiger partial charge in [-0.25, -0.2) is 9.37 Å². The average Bonchev–Trinajstić information content (AvgIpc) is 3.12. The third kappa shape index (κ3) is 5.08. The monoisotopic (exact) mass is 417 g/mol. The first kappa shape index (κ1) is 20.3. The molecular formula is C20H20FN3O2S2. The van der Waals surface area contributed by atoms with Gasteiger partial charge in [-0.1, -0.05) is 12.1 Å². The van der Waals surface area contributed by atoms with Crippen LogP contribution < -0.4 is 5.32 Å². The van der Waals surface area contributed by atoms with Crippen molar-refractivity contribution in [3.8, 4) is 0 Å². The maximum atomic E-state index is 12.9. The van der Waals surface area contributed by atoms with Crippen LogP contribution in [0.25, 0.3) is 10.2 Å². The molecule has 2 aromatic carbocycles. The van der Waals surface area contributed by atoms with Gasteiger partial charge in [0.1, 0.15) is 10.8 Å². The van der Waals surface area contributed by atoms with Gasteiger partial charge >= 0.3 is 0 Å². The largest absolute Gasteiger partial charge is 0.336 e. The van der Waals surface area contributed by atoms with E-state index in [1.54, 1.807) is 23.3 Å². The maximum Gasteiger partial charge on any atom is 0.234 e.